The van der Waals surface area contributed by atoms with Gasteiger partial charge in [-0.15, -0.1) is 12.4 Å². The molecule has 0 saturated heterocycles. The molecule has 0 saturated carbocycles. The fourth-order valence-corrected chi connectivity index (χ4v) is 3.87. The molecule has 0 spiro atoms. The van der Waals surface area contributed by atoms with Gasteiger partial charge in [-0.1, -0.05) is 30.3 Å². The minimum absolute atomic E-state index is 0. The van der Waals surface area contributed by atoms with Gasteiger partial charge in [-0.25, -0.2) is 13.1 Å². The Morgan fingerprint density at radius 1 is 1.09 bits per heavy atom. The molecular weight excluding hydrogens is 456 g/mol. The van der Waals surface area contributed by atoms with Gasteiger partial charge in [-0.3, -0.25) is 14.4 Å². The Bertz CT molecular complexity index is 1230. The number of rotatable bonds is 8. The van der Waals surface area contributed by atoms with Crippen LogP contribution in [0, 0.1) is 6.92 Å². The monoisotopic (exact) mass is 482 g/mol. The molecule has 0 radical (unpaired) electrons. The van der Waals surface area contributed by atoms with Crippen molar-refractivity contribution in [3.63, 3.8) is 0 Å². The number of benzene rings is 2. The highest BCUT2D eigenvalue weighted by molar-refractivity contribution is 7.92. The lowest BCUT2D eigenvalue weighted by molar-refractivity contribution is -0.0193. The van der Waals surface area contributed by atoms with Crippen molar-refractivity contribution in [2.75, 3.05) is 24.6 Å². The number of fused-ring (bicyclic) bond motifs is 1. The molecule has 2 unspecified atom stereocenters. The number of aromatic nitrogens is 2. The lowest BCUT2D eigenvalue weighted by Gasteiger charge is -2.26. The summed E-state index contributed by atoms with van der Waals surface area (Å²) in [6.45, 7) is 1.85. The first-order chi connectivity index (χ1) is 14.5. The summed E-state index contributed by atoms with van der Waals surface area (Å²) in [6, 6.07) is 13.5. The fraction of sp³-hybridized carbons (Fsp3) is 0.333. The highest BCUT2D eigenvalue weighted by atomic mass is 35.5. The smallest absolute Gasteiger partial charge is 0.274 e. The number of hydrogen-bond donors (Lipinski definition) is 3. The minimum Gasteiger partial charge on any atom is -0.387 e. The highest BCUT2D eigenvalue weighted by Gasteiger charge is 2.19. The first-order valence-electron chi connectivity index (χ1n) is 9.66. The van der Waals surface area contributed by atoms with Crippen LogP contribution in [0.3, 0.4) is 0 Å². The third-order valence-electron chi connectivity index (χ3n) is 4.96. The van der Waals surface area contributed by atoms with E-state index >= 15 is 0 Å². The van der Waals surface area contributed by atoms with Crippen molar-refractivity contribution in [3.8, 4) is 0 Å². The lowest BCUT2D eigenvalue weighted by atomic mass is 10.1. The summed E-state index contributed by atoms with van der Waals surface area (Å²) < 4.78 is 26.2. The second-order valence-electron chi connectivity index (χ2n) is 7.55. The Hall–Kier alpha value is -2.50. The van der Waals surface area contributed by atoms with E-state index < -0.39 is 22.4 Å². The Balaban J connectivity index is 0.00000363. The van der Waals surface area contributed by atoms with Crippen LogP contribution >= 0.6 is 12.4 Å². The van der Waals surface area contributed by atoms with Crippen molar-refractivity contribution in [3.05, 3.63) is 70.1 Å². The van der Waals surface area contributed by atoms with E-state index in [1.165, 1.54) is 9.58 Å². The van der Waals surface area contributed by atoms with Gasteiger partial charge in [0.05, 0.1) is 30.0 Å². The zero-order valence-electron chi connectivity index (χ0n) is 18.0. The summed E-state index contributed by atoms with van der Waals surface area (Å²) in [7, 11) is -1.75. The molecule has 3 N–H and O–H groups in total. The average molecular weight is 483 g/mol. The van der Waals surface area contributed by atoms with Crippen molar-refractivity contribution >= 4 is 38.9 Å². The normalized spacial score (nSPS) is 13.6. The summed E-state index contributed by atoms with van der Waals surface area (Å²) in [4.78, 5) is 14.2. The van der Waals surface area contributed by atoms with Crippen molar-refractivity contribution < 1.29 is 18.6 Å². The van der Waals surface area contributed by atoms with Gasteiger partial charge < -0.3 is 10.2 Å². The number of likely N-dealkylation sites (N-methyl/N-ethyl adjacent to an activating group) is 1. The number of nitrogens with one attached hydrogen (secondary N) is 1. The van der Waals surface area contributed by atoms with Crippen molar-refractivity contribution in [1.82, 2.24) is 14.7 Å². The first kappa shape index (κ1) is 25.8. The Labute approximate surface area is 192 Å². The van der Waals surface area contributed by atoms with Crippen molar-refractivity contribution in [1.29, 1.82) is 0 Å². The van der Waals surface area contributed by atoms with Crippen LogP contribution in [0.2, 0.25) is 0 Å². The average Bonchev–Trinajstić information content (AvgIpc) is 2.71. The van der Waals surface area contributed by atoms with Gasteiger partial charge in [0.25, 0.3) is 5.56 Å². The Kier molecular flexibility index (Phi) is 8.38. The first-order valence-corrected chi connectivity index (χ1v) is 11.5. The van der Waals surface area contributed by atoms with E-state index in [4.69, 9.17) is 0 Å². The molecule has 32 heavy (non-hydrogen) atoms. The molecule has 2 aromatic carbocycles. The summed E-state index contributed by atoms with van der Waals surface area (Å²) >= 11 is 0. The maximum atomic E-state index is 12.7. The summed E-state index contributed by atoms with van der Waals surface area (Å²) in [5, 5.41) is 26.7. The molecule has 0 amide bonds. The van der Waals surface area contributed by atoms with Gasteiger partial charge in [0.1, 0.15) is 6.23 Å². The van der Waals surface area contributed by atoms with Gasteiger partial charge in [0.15, 0.2) is 0 Å². The van der Waals surface area contributed by atoms with E-state index in [2.05, 4.69) is 9.82 Å². The molecule has 0 aliphatic rings. The molecule has 1 heterocycles. The number of aryl methyl sites for hydroxylation is 1. The number of aliphatic hydroxyl groups is 2. The molecule has 0 aliphatic heterocycles. The van der Waals surface area contributed by atoms with Crippen LogP contribution < -0.4 is 10.3 Å². The van der Waals surface area contributed by atoms with E-state index in [-0.39, 0.29) is 31.1 Å². The largest absolute Gasteiger partial charge is 0.387 e. The Morgan fingerprint density at radius 2 is 1.69 bits per heavy atom. The Morgan fingerprint density at radius 3 is 2.28 bits per heavy atom. The third kappa shape index (κ3) is 6.27. The van der Waals surface area contributed by atoms with Crippen molar-refractivity contribution in [2.24, 2.45) is 0 Å². The molecular formula is C21H27ClN4O5S. The molecule has 3 aromatic rings. The maximum Gasteiger partial charge on any atom is 0.274 e. The number of anilines is 1. The van der Waals surface area contributed by atoms with E-state index in [0.717, 1.165) is 11.6 Å². The molecule has 2 atom stereocenters. The number of sulfonamides is 1. The van der Waals surface area contributed by atoms with Crippen LogP contribution in [0.1, 0.15) is 17.4 Å². The lowest BCUT2D eigenvalue weighted by Crippen LogP contribution is -2.41. The summed E-state index contributed by atoms with van der Waals surface area (Å²) in [5.74, 6) is 0. The van der Waals surface area contributed by atoms with Crippen molar-refractivity contribution in [2.45, 2.75) is 25.8 Å². The summed E-state index contributed by atoms with van der Waals surface area (Å²) in [5.41, 5.74) is 1.36. The molecule has 174 valence electrons. The molecule has 1 aromatic heterocycles. The fourth-order valence-electron chi connectivity index (χ4n) is 3.31. The van der Waals surface area contributed by atoms with Crippen LogP contribution in [0.25, 0.3) is 10.8 Å². The molecule has 3 rings (SSSR count). The van der Waals surface area contributed by atoms with Gasteiger partial charge >= 0.3 is 0 Å². The molecule has 11 heteroatoms. The van der Waals surface area contributed by atoms with Gasteiger partial charge in [0.2, 0.25) is 10.0 Å². The van der Waals surface area contributed by atoms with E-state index in [0.29, 0.717) is 22.3 Å². The number of halogens is 1. The van der Waals surface area contributed by atoms with E-state index in [1.54, 1.807) is 50.4 Å². The van der Waals surface area contributed by atoms with Gasteiger partial charge in [0, 0.05) is 17.6 Å². The van der Waals surface area contributed by atoms with E-state index in [1.807, 2.05) is 12.1 Å². The zero-order chi connectivity index (χ0) is 22.8. The topological polar surface area (TPSA) is 125 Å². The molecule has 0 fully saturated rings. The van der Waals surface area contributed by atoms with Gasteiger partial charge in [-0.2, -0.15) is 5.10 Å². The number of aliphatic hydroxyl groups excluding tert-OH is 2. The minimum atomic E-state index is -3.38. The van der Waals surface area contributed by atoms with Crippen LogP contribution in [0.5, 0.6) is 0 Å². The molecule has 0 bridgehead atoms. The van der Waals surface area contributed by atoms with Crippen LogP contribution in [-0.2, 0) is 16.6 Å². The molecule has 9 nitrogen and oxygen atoms in total. The van der Waals surface area contributed by atoms with Crippen LogP contribution in [-0.4, -0.2) is 59.4 Å². The second kappa shape index (κ2) is 10.4. The number of hydrogen-bond acceptors (Lipinski definition) is 7. The van der Waals surface area contributed by atoms with Gasteiger partial charge in [-0.05, 0) is 37.7 Å². The predicted octanol–water partition coefficient (Wildman–Crippen LogP) is 1.48. The third-order valence-corrected chi connectivity index (χ3v) is 5.56. The standard InChI is InChI=1S/C21H26N4O5S.ClH/c1-14-17-6-4-5-7-18(17)21(28)25(22-14)13-20(27)24(2)12-19(26)15-8-10-16(11-9-15)23-31(3,29)30;/h4-11,19-20,23,26-27H,12-13H2,1-3H3;1H. The second-order valence-corrected chi connectivity index (χ2v) is 9.30. The predicted molar refractivity (Wildman–Crippen MR) is 126 cm³/mol. The highest BCUT2D eigenvalue weighted by Crippen LogP contribution is 2.18. The molecule has 0 aliphatic carbocycles. The quantitative estimate of drug-likeness (QED) is 0.415. The van der Waals surface area contributed by atoms with Crippen LogP contribution in [0.15, 0.2) is 53.3 Å². The number of nitrogens with zero attached hydrogens (tertiary/aromatic N) is 3. The zero-order valence-corrected chi connectivity index (χ0v) is 19.6. The SMILES string of the molecule is Cc1nn(CC(O)N(C)CC(O)c2ccc(NS(C)(=O)=O)cc2)c(=O)c2ccccc12.Cl. The van der Waals surface area contributed by atoms with Crippen LogP contribution in [0.4, 0.5) is 5.69 Å². The van der Waals surface area contributed by atoms with E-state index in [9.17, 15) is 23.4 Å². The summed E-state index contributed by atoms with van der Waals surface area (Å²) in [6.07, 6.45) is -0.912. The maximum absolute atomic E-state index is 12.7.